The third-order valence-electron chi connectivity index (χ3n) is 3.12. The van der Waals surface area contributed by atoms with Crippen LogP contribution in [0, 0.1) is 11.8 Å². The Kier molecular flexibility index (Phi) is 4.18. The maximum Gasteiger partial charge on any atom is 0.391 e. The van der Waals surface area contributed by atoms with Crippen molar-refractivity contribution in [2.75, 3.05) is 14.2 Å². The van der Waals surface area contributed by atoms with Gasteiger partial charge in [-0.1, -0.05) is 0 Å². The zero-order valence-electron chi connectivity index (χ0n) is 9.38. The van der Waals surface area contributed by atoms with Crippen molar-refractivity contribution < 1.29 is 22.8 Å². The number of carbonyl (C=O) groups excluding carboxylic acids is 1. The van der Waals surface area contributed by atoms with Crippen molar-refractivity contribution in [2.24, 2.45) is 11.8 Å². The number of alkyl halides is 3. The van der Waals surface area contributed by atoms with E-state index >= 15 is 0 Å². The van der Waals surface area contributed by atoms with E-state index in [1.165, 1.54) is 14.2 Å². The average Bonchev–Trinajstić information content (AvgIpc) is 2.26. The molecule has 6 heteroatoms. The van der Waals surface area contributed by atoms with Crippen LogP contribution in [0.4, 0.5) is 13.2 Å². The number of hydrogen-bond donors (Lipinski definition) is 0. The first kappa shape index (κ1) is 13.3. The Bertz CT molecular complexity index is 247. The largest absolute Gasteiger partial charge is 0.391 e. The number of hydroxylamine groups is 2. The fourth-order valence-electron chi connectivity index (χ4n) is 2.01. The van der Waals surface area contributed by atoms with Crippen molar-refractivity contribution >= 4 is 5.91 Å². The molecule has 1 saturated carbocycles. The molecule has 0 atom stereocenters. The molecule has 0 saturated heterocycles. The van der Waals surface area contributed by atoms with E-state index in [-0.39, 0.29) is 37.5 Å². The van der Waals surface area contributed by atoms with E-state index in [1.807, 2.05) is 0 Å². The predicted octanol–water partition coefficient (Wildman–Crippen LogP) is 2.37. The van der Waals surface area contributed by atoms with Gasteiger partial charge in [0.05, 0.1) is 13.0 Å². The Balaban J connectivity index is 2.46. The highest BCUT2D eigenvalue weighted by Gasteiger charge is 2.42. The molecule has 0 unspecified atom stereocenters. The average molecular weight is 239 g/mol. The number of amides is 1. The summed E-state index contributed by atoms with van der Waals surface area (Å²) < 4.78 is 37.1. The van der Waals surface area contributed by atoms with Gasteiger partial charge in [-0.2, -0.15) is 13.2 Å². The fourth-order valence-corrected chi connectivity index (χ4v) is 2.01. The molecule has 1 rings (SSSR count). The molecule has 1 amide bonds. The van der Waals surface area contributed by atoms with E-state index in [0.29, 0.717) is 0 Å². The molecule has 0 N–H and O–H groups in total. The molecular formula is C10H16F3NO2. The van der Waals surface area contributed by atoms with Crippen molar-refractivity contribution in [2.45, 2.75) is 31.9 Å². The van der Waals surface area contributed by atoms with Gasteiger partial charge in [-0.05, 0) is 25.7 Å². The molecule has 94 valence electrons. The van der Waals surface area contributed by atoms with Gasteiger partial charge >= 0.3 is 6.18 Å². The molecule has 1 aliphatic rings. The molecular weight excluding hydrogens is 223 g/mol. The van der Waals surface area contributed by atoms with E-state index in [1.54, 1.807) is 0 Å². The van der Waals surface area contributed by atoms with E-state index in [9.17, 15) is 18.0 Å². The van der Waals surface area contributed by atoms with Gasteiger partial charge < -0.3 is 0 Å². The molecule has 0 heterocycles. The van der Waals surface area contributed by atoms with Crippen molar-refractivity contribution in [1.82, 2.24) is 5.06 Å². The smallest absolute Gasteiger partial charge is 0.275 e. The standard InChI is InChI=1S/C10H16F3NO2/c1-14(16-2)9(15)7-3-5-8(6-4-7)10(11,12)13/h7-8H,3-6H2,1-2H3/t7-,8-. The number of rotatable bonds is 2. The van der Waals surface area contributed by atoms with E-state index in [4.69, 9.17) is 4.84 Å². The third kappa shape index (κ3) is 3.10. The molecule has 0 bridgehead atoms. The molecule has 0 radical (unpaired) electrons. The first-order valence-electron chi connectivity index (χ1n) is 5.24. The zero-order valence-corrected chi connectivity index (χ0v) is 9.38. The predicted molar refractivity (Wildman–Crippen MR) is 51.3 cm³/mol. The van der Waals surface area contributed by atoms with Gasteiger partial charge in [0.25, 0.3) is 0 Å². The fraction of sp³-hybridized carbons (Fsp3) is 0.900. The SMILES string of the molecule is CON(C)C(=O)[C@H]1CC[C@H](C(F)(F)F)CC1. The van der Waals surface area contributed by atoms with Gasteiger partial charge in [0.1, 0.15) is 0 Å². The van der Waals surface area contributed by atoms with Crippen LogP contribution in [0.2, 0.25) is 0 Å². The third-order valence-corrected chi connectivity index (χ3v) is 3.12. The molecule has 0 spiro atoms. The lowest BCUT2D eigenvalue weighted by Crippen LogP contribution is -2.36. The van der Waals surface area contributed by atoms with Crippen molar-refractivity contribution in [3.05, 3.63) is 0 Å². The maximum atomic E-state index is 12.4. The molecule has 0 aromatic carbocycles. The van der Waals surface area contributed by atoms with E-state index in [0.717, 1.165) is 5.06 Å². The van der Waals surface area contributed by atoms with Crippen LogP contribution in [0.3, 0.4) is 0 Å². The van der Waals surface area contributed by atoms with Gasteiger partial charge in [-0.25, -0.2) is 5.06 Å². The Hall–Kier alpha value is -0.780. The molecule has 0 aromatic heterocycles. The van der Waals surface area contributed by atoms with Gasteiger partial charge in [0.15, 0.2) is 0 Å². The summed E-state index contributed by atoms with van der Waals surface area (Å²) in [6.45, 7) is 0. The molecule has 0 aliphatic heterocycles. The van der Waals surface area contributed by atoms with Gasteiger partial charge in [0, 0.05) is 13.0 Å². The molecule has 1 aliphatic carbocycles. The van der Waals surface area contributed by atoms with Crippen LogP contribution >= 0.6 is 0 Å². The summed E-state index contributed by atoms with van der Waals surface area (Å²) in [5.74, 6) is -1.81. The van der Waals surface area contributed by atoms with Crippen molar-refractivity contribution in [3.63, 3.8) is 0 Å². The summed E-state index contributed by atoms with van der Waals surface area (Å²) in [7, 11) is 2.83. The second-order valence-corrected chi connectivity index (χ2v) is 4.11. The van der Waals surface area contributed by atoms with Crippen LogP contribution in [0.5, 0.6) is 0 Å². The molecule has 0 aromatic rings. The quantitative estimate of drug-likeness (QED) is 0.692. The highest BCUT2D eigenvalue weighted by molar-refractivity contribution is 5.77. The summed E-state index contributed by atoms with van der Waals surface area (Å²) in [5.41, 5.74) is 0. The summed E-state index contributed by atoms with van der Waals surface area (Å²) in [4.78, 5) is 16.3. The summed E-state index contributed by atoms with van der Waals surface area (Å²) in [6.07, 6.45) is -3.47. The highest BCUT2D eigenvalue weighted by atomic mass is 19.4. The van der Waals surface area contributed by atoms with Gasteiger partial charge in [-0.3, -0.25) is 9.63 Å². The Morgan fingerprint density at radius 2 is 1.75 bits per heavy atom. The maximum absolute atomic E-state index is 12.4. The number of halogens is 3. The first-order valence-corrected chi connectivity index (χ1v) is 5.24. The zero-order chi connectivity index (χ0) is 12.3. The monoisotopic (exact) mass is 239 g/mol. The summed E-state index contributed by atoms with van der Waals surface area (Å²) in [6, 6.07) is 0. The van der Waals surface area contributed by atoms with Gasteiger partial charge in [-0.15, -0.1) is 0 Å². The van der Waals surface area contributed by atoms with Crippen LogP contribution in [-0.2, 0) is 9.63 Å². The Morgan fingerprint density at radius 1 is 1.25 bits per heavy atom. The molecule has 3 nitrogen and oxygen atoms in total. The van der Waals surface area contributed by atoms with Gasteiger partial charge in [0.2, 0.25) is 5.91 Å². The minimum absolute atomic E-state index is 0.0391. The normalized spacial score (nSPS) is 26.6. The summed E-state index contributed by atoms with van der Waals surface area (Å²) in [5, 5.41) is 1.08. The Labute approximate surface area is 92.5 Å². The number of nitrogens with zero attached hydrogens (tertiary/aromatic N) is 1. The minimum atomic E-state index is -4.12. The second-order valence-electron chi connectivity index (χ2n) is 4.11. The lowest BCUT2D eigenvalue weighted by molar-refractivity contribution is -0.191. The van der Waals surface area contributed by atoms with Crippen molar-refractivity contribution in [3.8, 4) is 0 Å². The lowest BCUT2D eigenvalue weighted by Gasteiger charge is -2.30. The van der Waals surface area contributed by atoms with Crippen LogP contribution < -0.4 is 0 Å². The Morgan fingerprint density at radius 3 is 2.12 bits per heavy atom. The van der Waals surface area contributed by atoms with E-state index < -0.39 is 12.1 Å². The highest BCUT2D eigenvalue weighted by Crippen LogP contribution is 2.39. The number of carbonyl (C=O) groups is 1. The van der Waals surface area contributed by atoms with Crippen LogP contribution in [0.15, 0.2) is 0 Å². The van der Waals surface area contributed by atoms with E-state index in [2.05, 4.69) is 0 Å². The first-order chi connectivity index (χ1) is 7.36. The molecule has 16 heavy (non-hydrogen) atoms. The number of hydrogen-bond acceptors (Lipinski definition) is 2. The van der Waals surface area contributed by atoms with Crippen molar-refractivity contribution in [1.29, 1.82) is 0 Å². The summed E-state index contributed by atoms with van der Waals surface area (Å²) >= 11 is 0. The lowest BCUT2D eigenvalue weighted by atomic mass is 9.81. The van der Waals surface area contributed by atoms with Crippen LogP contribution in [0.1, 0.15) is 25.7 Å². The van der Waals surface area contributed by atoms with Crippen LogP contribution in [0.25, 0.3) is 0 Å². The second kappa shape index (κ2) is 5.03. The minimum Gasteiger partial charge on any atom is -0.275 e. The molecule has 1 fully saturated rings. The topological polar surface area (TPSA) is 29.5 Å². The van der Waals surface area contributed by atoms with Crippen LogP contribution in [-0.4, -0.2) is 31.3 Å².